The summed E-state index contributed by atoms with van der Waals surface area (Å²) in [5.41, 5.74) is 1.99. The van der Waals surface area contributed by atoms with Crippen LogP contribution in [0.5, 0.6) is 0 Å². The van der Waals surface area contributed by atoms with E-state index in [9.17, 15) is 14.0 Å². The van der Waals surface area contributed by atoms with Crippen LogP contribution in [0.3, 0.4) is 0 Å². The molecule has 1 saturated carbocycles. The molecule has 0 spiro atoms. The van der Waals surface area contributed by atoms with Gasteiger partial charge in [0.1, 0.15) is 0 Å². The average molecular weight is 388 g/mol. The summed E-state index contributed by atoms with van der Waals surface area (Å²) in [5.74, 6) is -0.356. The van der Waals surface area contributed by atoms with Gasteiger partial charge in [0.25, 0.3) is 5.56 Å². The number of nitrogens with zero attached hydrogens (tertiary/aromatic N) is 4. The summed E-state index contributed by atoms with van der Waals surface area (Å²) in [5, 5.41) is 13.1. The van der Waals surface area contributed by atoms with Gasteiger partial charge in [0.15, 0.2) is 5.65 Å². The fourth-order valence-corrected chi connectivity index (χ4v) is 3.68. The molecule has 4 aromatic rings. The molecular weight excluding hydrogens is 375 g/mol. The number of aromatic nitrogens is 5. The number of hydrogen-bond donors (Lipinski definition) is 2. The Kier molecular flexibility index (Phi) is 3.67. The summed E-state index contributed by atoms with van der Waals surface area (Å²) in [6.07, 6.45) is 3.19. The predicted molar refractivity (Wildman–Crippen MR) is 101 cm³/mol. The summed E-state index contributed by atoms with van der Waals surface area (Å²) < 4.78 is 15.3. The van der Waals surface area contributed by atoms with Crippen LogP contribution in [0.1, 0.15) is 34.9 Å². The molecule has 0 bridgehead atoms. The molecule has 0 amide bonds. The fourth-order valence-electron chi connectivity index (χ4n) is 3.68. The third-order valence-electron chi connectivity index (χ3n) is 5.21. The van der Waals surface area contributed by atoms with Crippen molar-refractivity contribution in [3.8, 4) is 17.3 Å². The standard InChI is InChI=1S/C20H13FN6O2/c21-17-9-23-18-14(13-5-12(13)11-3-1-10(7-22)2-4-11)6-16(26-27(17)18)15-8-24-20(29)25-19(15)28/h1-4,6,8-9,12-13H,5H2,(H2,24,25,28,29)/t12-,13+/m1/s1. The Morgan fingerprint density at radius 2 is 2.00 bits per heavy atom. The molecule has 1 aliphatic rings. The third-order valence-corrected chi connectivity index (χ3v) is 5.21. The number of hydrogen-bond acceptors (Lipinski definition) is 5. The highest BCUT2D eigenvalue weighted by atomic mass is 19.1. The average Bonchev–Trinajstić information content (AvgIpc) is 3.44. The lowest BCUT2D eigenvalue weighted by atomic mass is 10.0. The number of aromatic amines is 2. The minimum Gasteiger partial charge on any atom is -0.313 e. The molecule has 142 valence electrons. The van der Waals surface area contributed by atoms with Crippen molar-refractivity contribution in [3.63, 3.8) is 0 Å². The van der Waals surface area contributed by atoms with Crippen molar-refractivity contribution in [1.29, 1.82) is 5.26 Å². The van der Waals surface area contributed by atoms with Gasteiger partial charge in [-0.05, 0) is 42.0 Å². The number of halogens is 1. The van der Waals surface area contributed by atoms with Gasteiger partial charge in [-0.1, -0.05) is 12.1 Å². The van der Waals surface area contributed by atoms with Crippen LogP contribution in [-0.2, 0) is 0 Å². The first-order valence-electron chi connectivity index (χ1n) is 8.92. The molecule has 0 radical (unpaired) electrons. The second kappa shape index (κ2) is 6.24. The first-order chi connectivity index (χ1) is 14.0. The van der Waals surface area contributed by atoms with Crippen LogP contribution in [0.4, 0.5) is 4.39 Å². The van der Waals surface area contributed by atoms with Crippen LogP contribution in [0.15, 0.2) is 52.3 Å². The first kappa shape index (κ1) is 17.1. The summed E-state index contributed by atoms with van der Waals surface area (Å²) in [4.78, 5) is 32.2. The van der Waals surface area contributed by atoms with Gasteiger partial charge in [-0.15, -0.1) is 0 Å². The lowest BCUT2D eigenvalue weighted by molar-refractivity contribution is 0.549. The van der Waals surface area contributed by atoms with Crippen LogP contribution in [0.2, 0.25) is 0 Å². The van der Waals surface area contributed by atoms with Crippen molar-refractivity contribution >= 4 is 5.65 Å². The van der Waals surface area contributed by atoms with Crippen molar-refractivity contribution in [3.05, 3.63) is 86.2 Å². The van der Waals surface area contributed by atoms with E-state index in [1.165, 1.54) is 6.20 Å². The lowest BCUT2D eigenvalue weighted by Gasteiger charge is -2.07. The molecular formula is C20H13FN6O2. The fraction of sp³-hybridized carbons (Fsp3) is 0.150. The van der Waals surface area contributed by atoms with Crippen molar-refractivity contribution in [2.75, 3.05) is 0 Å². The Morgan fingerprint density at radius 3 is 2.72 bits per heavy atom. The van der Waals surface area contributed by atoms with E-state index in [0.29, 0.717) is 11.2 Å². The largest absolute Gasteiger partial charge is 0.325 e. The van der Waals surface area contributed by atoms with E-state index >= 15 is 0 Å². The molecule has 8 nitrogen and oxygen atoms in total. The second-order valence-electron chi connectivity index (χ2n) is 6.97. The Morgan fingerprint density at radius 1 is 1.21 bits per heavy atom. The number of nitrogens with one attached hydrogen (secondary N) is 2. The van der Waals surface area contributed by atoms with Crippen molar-refractivity contribution in [2.45, 2.75) is 18.3 Å². The Balaban J connectivity index is 1.61. The molecule has 9 heteroatoms. The second-order valence-corrected chi connectivity index (χ2v) is 6.97. The van der Waals surface area contributed by atoms with Crippen molar-refractivity contribution in [1.82, 2.24) is 24.6 Å². The summed E-state index contributed by atoms with van der Waals surface area (Å²) in [7, 11) is 0. The Labute approximate surface area is 162 Å². The van der Waals surface area contributed by atoms with Crippen LogP contribution >= 0.6 is 0 Å². The van der Waals surface area contributed by atoms with Crippen molar-refractivity contribution in [2.24, 2.45) is 0 Å². The smallest absolute Gasteiger partial charge is 0.313 e. The zero-order chi connectivity index (χ0) is 20.1. The molecule has 3 aromatic heterocycles. The highest BCUT2D eigenvalue weighted by Gasteiger charge is 2.41. The van der Waals surface area contributed by atoms with Crippen LogP contribution in [0, 0.1) is 17.3 Å². The van der Waals surface area contributed by atoms with E-state index in [4.69, 9.17) is 5.26 Å². The number of benzene rings is 1. The van der Waals surface area contributed by atoms with Gasteiger partial charge in [0, 0.05) is 11.8 Å². The summed E-state index contributed by atoms with van der Waals surface area (Å²) in [6.45, 7) is 0. The topological polar surface area (TPSA) is 120 Å². The Hall–Kier alpha value is -4.06. The molecule has 1 aromatic carbocycles. The quantitative estimate of drug-likeness (QED) is 0.557. The molecule has 1 fully saturated rings. The molecule has 0 saturated heterocycles. The molecule has 5 rings (SSSR count). The van der Waals surface area contributed by atoms with E-state index in [1.54, 1.807) is 18.2 Å². The van der Waals surface area contributed by atoms with Crippen LogP contribution < -0.4 is 11.2 Å². The minimum atomic E-state index is -0.639. The number of imidazole rings is 1. The molecule has 2 atom stereocenters. The molecule has 3 heterocycles. The van der Waals surface area contributed by atoms with Gasteiger partial charge in [-0.2, -0.15) is 19.3 Å². The maximum Gasteiger partial charge on any atom is 0.325 e. The predicted octanol–water partition coefficient (Wildman–Crippen LogP) is 2.05. The summed E-state index contributed by atoms with van der Waals surface area (Å²) >= 11 is 0. The zero-order valence-corrected chi connectivity index (χ0v) is 14.9. The van der Waals surface area contributed by atoms with Gasteiger partial charge >= 0.3 is 5.69 Å². The van der Waals surface area contributed by atoms with Gasteiger partial charge in [0.05, 0.1) is 29.1 Å². The van der Waals surface area contributed by atoms with Crippen LogP contribution in [-0.4, -0.2) is 24.6 Å². The minimum absolute atomic E-state index is 0.0795. The SMILES string of the molecule is N#Cc1ccc([C@H]2C[C@@H]2c2cc(-c3c[nH]c(=O)[nH]c3=O)nn3c(F)cnc23)cc1. The normalized spacial score (nSPS) is 17.9. The van der Waals surface area contributed by atoms with E-state index in [0.717, 1.165) is 28.3 Å². The molecule has 0 aliphatic heterocycles. The molecule has 0 unspecified atom stereocenters. The first-order valence-corrected chi connectivity index (χ1v) is 8.92. The van der Waals surface area contributed by atoms with Crippen molar-refractivity contribution < 1.29 is 4.39 Å². The van der Waals surface area contributed by atoms with E-state index in [1.807, 2.05) is 12.1 Å². The molecule has 29 heavy (non-hydrogen) atoms. The van der Waals surface area contributed by atoms with Gasteiger partial charge in [0.2, 0.25) is 5.95 Å². The van der Waals surface area contributed by atoms with Gasteiger partial charge < -0.3 is 4.98 Å². The highest BCUT2D eigenvalue weighted by Crippen LogP contribution is 2.55. The van der Waals surface area contributed by atoms with Gasteiger partial charge in [-0.3, -0.25) is 9.78 Å². The van der Waals surface area contributed by atoms with E-state index < -0.39 is 17.2 Å². The zero-order valence-electron chi connectivity index (χ0n) is 14.9. The number of rotatable bonds is 3. The van der Waals surface area contributed by atoms with Crippen LogP contribution in [0.25, 0.3) is 16.9 Å². The molecule has 2 N–H and O–H groups in total. The lowest BCUT2D eigenvalue weighted by Crippen LogP contribution is -2.23. The van der Waals surface area contributed by atoms with E-state index in [-0.39, 0.29) is 23.1 Å². The third kappa shape index (κ3) is 2.82. The highest BCUT2D eigenvalue weighted by molar-refractivity contribution is 5.63. The maximum atomic E-state index is 14.2. The summed E-state index contributed by atoms with van der Waals surface area (Å²) in [6, 6.07) is 11.2. The van der Waals surface area contributed by atoms with Gasteiger partial charge in [-0.25, -0.2) is 9.78 Å². The number of fused-ring (bicyclic) bond motifs is 1. The maximum absolute atomic E-state index is 14.2. The van der Waals surface area contributed by atoms with E-state index in [2.05, 4.69) is 26.1 Å². The Bertz CT molecular complexity index is 1410. The molecule has 1 aliphatic carbocycles. The number of nitriles is 1. The monoisotopic (exact) mass is 388 g/mol. The number of H-pyrrole nitrogens is 2.